The molecule has 0 atom stereocenters. The SMILES string of the molecule is CCCCNc1ccc2c(=O)c(C(=O)NCCN3CCOCC3)cn3c2c1Oc1cc2ccccc2cc1-3.CCCN(C)CCC. The van der Waals surface area contributed by atoms with Crippen LogP contribution in [0.3, 0.4) is 0 Å². The molecular formula is C37H49N5O4. The number of pyridine rings is 1. The molecule has 3 aromatic carbocycles. The largest absolute Gasteiger partial charge is 0.451 e. The number of nitrogens with zero attached hydrogens (tertiary/aromatic N) is 3. The van der Waals surface area contributed by atoms with Gasteiger partial charge in [-0.05, 0) is 74.4 Å². The zero-order valence-corrected chi connectivity index (χ0v) is 27.9. The number of nitrogens with one attached hydrogen (secondary N) is 2. The number of carbonyl (C=O) groups excluding carboxylic acids is 1. The molecule has 0 bridgehead atoms. The number of anilines is 1. The van der Waals surface area contributed by atoms with Gasteiger partial charge in [0.15, 0.2) is 11.5 Å². The Labute approximate surface area is 272 Å². The van der Waals surface area contributed by atoms with Crippen molar-refractivity contribution in [3.05, 3.63) is 70.5 Å². The van der Waals surface area contributed by atoms with Crippen molar-refractivity contribution in [3.63, 3.8) is 0 Å². The molecule has 1 amide bonds. The molecule has 1 saturated heterocycles. The molecule has 4 aromatic rings. The Bertz CT molecular complexity index is 1690. The minimum atomic E-state index is -0.366. The fourth-order valence-corrected chi connectivity index (χ4v) is 6.10. The summed E-state index contributed by atoms with van der Waals surface area (Å²) in [5.74, 6) is 0.928. The molecule has 0 radical (unpaired) electrons. The number of hydrogen-bond donors (Lipinski definition) is 2. The Morgan fingerprint density at radius 3 is 2.35 bits per heavy atom. The average molecular weight is 628 g/mol. The van der Waals surface area contributed by atoms with Gasteiger partial charge in [-0.25, -0.2) is 0 Å². The van der Waals surface area contributed by atoms with Crippen LogP contribution in [0.25, 0.3) is 27.4 Å². The second-order valence-electron chi connectivity index (χ2n) is 12.1. The van der Waals surface area contributed by atoms with Gasteiger partial charge in [0.25, 0.3) is 5.91 Å². The number of ether oxygens (including phenoxy) is 2. The molecule has 2 N–H and O–H groups in total. The lowest BCUT2D eigenvalue weighted by molar-refractivity contribution is 0.0383. The van der Waals surface area contributed by atoms with Crippen molar-refractivity contribution >= 4 is 33.3 Å². The Morgan fingerprint density at radius 2 is 1.65 bits per heavy atom. The fourth-order valence-electron chi connectivity index (χ4n) is 6.10. The van der Waals surface area contributed by atoms with E-state index in [-0.39, 0.29) is 16.9 Å². The van der Waals surface area contributed by atoms with E-state index in [4.69, 9.17) is 9.47 Å². The Morgan fingerprint density at radius 1 is 0.935 bits per heavy atom. The topological polar surface area (TPSA) is 88.1 Å². The predicted molar refractivity (Wildman–Crippen MR) is 188 cm³/mol. The molecule has 2 aliphatic rings. The highest BCUT2D eigenvalue weighted by Gasteiger charge is 2.26. The number of fused-ring (bicyclic) bond motifs is 3. The van der Waals surface area contributed by atoms with E-state index in [1.807, 2.05) is 41.0 Å². The lowest BCUT2D eigenvalue weighted by Crippen LogP contribution is -2.42. The van der Waals surface area contributed by atoms with E-state index in [0.717, 1.165) is 61.2 Å². The van der Waals surface area contributed by atoms with E-state index in [1.54, 1.807) is 12.3 Å². The molecule has 0 unspecified atom stereocenters. The highest BCUT2D eigenvalue weighted by molar-refractivity contribution is 6.01. The Balaban J connectivity index is 0.000000463. The van der Waals surface area contributed by atoms with Crippen molar-refractivity contribution in [1.29, 1.82) is 0 Å². The summed E-state index contributed by atoms with van der Waals surface area (Å²) in [7, 11) is 2.17. The third kappa shape index (κ3) is 7.71. The van der Waals surface area contributed by atoms with Gasteiger partial charge >= 0.3 is 0 Å². The van der Waals surface area contributed by atoms with Crippen LogP contribution >= 0.6 is 0 Å². The first-order chi connectivity index (χ1) is 22.4. The highest BCUT2D eigenvalue weighted by atomic mass is 16.5. The first kappa shape index (κ1) is 33.4. The molecule has 2 aliphatic heterocycles. The van der Waals surface area contributed by atoms with Gasteiger partial charge in [-0.3, -0.25) is 14.5 Å². The van der Waals surface area contributed by atoms with Crippen molar-refractivity contribution in [2.45, 2.75) is 46.5 Å². The fraction of sp³-hybridized carbons (Fsp3) is 0.459. The Hall–Kier alpha value is -3.92. The normalized spacial score (nSPS) is 14.0. The van der Waals surface area contributed by atoms with Crippen molar-refractivity contribution in [2.75, 3.05) is 71.4 Å². The molecule has 9 nitrogen and oxygen atoms in total. The minimum Gasteiger partial charge on any atom is -0.451 e. The molecule has 0 spiro atoms. The van der Waals surface area contributed by atoms with Crippen molar-refractivity contribution in [2.24, 2.45) is 0 Å². The number of aromatic nitrogens is 1. The maximum Gasteiger partial charge on any atom is 0.256 e. The monoisotopic (exact) mass is 627 g/mol. The van der Waals surface area contributed by atoms with Gasteiger partial charge in [-0.1, -0.05) is 51.5 Å². The van der Waals surface area contributed by atoms with Crippen LogP contribution in [0.5, 0.6) is 11.5 Å². The lowest BCUT2D eigenvalue weighted by atomic mass is 10.0. The maximum absolute atomic E-state index is 13.6. The van der Waals surface area contributed by atoms with E-state index in [9.17, 15) is 9.59 Å². The third-order valence-corrected chi connectivity index (χ3v) is 8.54. The van der Waals surface area contributed by atoms with E-state index in [1.165, 1.54) is 25.9 Å². The summed E-state index contributed by atoms with van der Waals surface area (Å²) in [6.07, 6.45) is 6.31. The highest BCUT2D eigenvalue weighted by Crippen LogP contribution is 2.45. The number of hydrogen-bond acceptors (Lipinski definition) is 7. The quantitative estimate of drug-likeness (QED) is 0.158. The maximum atomic E-state index is 13.6. The number of morpholine rings is 1. The molecular weight excluding hydrogens is 578 g/mol. The second-order valence-corrected chi connectivity index (χ2v) is 12.1. The van der Waals surface area contributed by atoms with Gasteiger partial charge in [0, 0.05) is 38.9 Å². The Kier molecular flexibility index (Phi) is 11.7. The van der Waals surface area contributed by atoms with Gasteiger partial charge in [0.2, 0.25) is 5.43 Å². The molecule has 3 heterocycles. The standard InChI is InChI=1S/C30H32N4O4.C7H17N/c1-2-3-10-31-24-9-8-22-27-29(24)38-26-18-21-7-5-4-6-20(21)17-25(26)34(27)19-23(28(22)35)30(36)32-11-12-33-13-15-37-16-14-33;1-4-6-8(3)7-5-2/h4-9,17-19,31H,2-3,10-16H2,1H3,(H,32,36);4-7H2,1-3H3. The molecule has 246 valence electrons. The lowest BCUT2D eigenvalue weighted by Gasteiger charge is -2.27. The molecule has 0 saturated carbocycles. The zero-order valence-electron chi connectivity index (χ0n) is 27.9. The number of unbranched alkanes of at least 4 members (excludes halogenated alkanes) is 1. The third-order valence-electron chi connectivity index (χ3n) is 8.54. The summed E-state index contributed by atoms with van der Waals surface area (Å²) < 4.78 is 13.8. The summed E-state index contributed by atoms with van der Waals surface area (Å²) in [6.45, 7) is 14.2. The van der Waals surface area contributed by atoms with Crippen LogP contribution in [0.1, 0.15) is 56.8 Å². The average Bonchev–Trinajstić information content (AvgIpc) is 3.06. The number of amides is 1. The summed E-state index contributed by atoms with van der Waals surface area (Å²) >= 11 is 0. The summed E-state index contributed by atoms with van der Waals surface area (Å²) in [4.78, 5) is 31.5. The molecule has 0 aliphatic carbocycles. The molecule has 1 fully saturated rings. The van der Waals surface area contributed by atoms with Crippen molar-refractivity contribution in [3.8, 4) is 17.2 Å². The van der Waals surface area contributed by atoms with E-state index >= 15 is 0 Å². The van der Waals surface area contributed by atoms with Gasteiger partial charge < -0.3 is 29.6 Å². The predicted octanol–water partition coefficient (Wildman–Crippen LogP) is 6.26. The second kappa shape index (κ2) is 16.1. The first-order valence-corrected chi connectivity index (χ1v) is 16.9. The van der Waals surface area contributed by atoms with Crippen molar-refractivity contribution in [1.82, 2.24) is 19.7 Å². The van der Waals surface area contributed by atoms with Gasteiger partial charge in [-0.2, -0.15) is 0 Å². The van der Waals surface area contributed by atoms with E-state index in [0.29, 0.717) is 42.2 Å². The molecule has 9 heteroatoms. The van der Waals surface area contributed by atoms with E-state index < -0.39 is 0 Å². The number of benzene rings is 3. The van der Waals surface area contributed by atoms with Gasteiger partial charge in [0.05, 0.1) is 30.0 Å². The summed E-state index contributed by atoms with van der Waals surface area (Å²) in [6, 6.07) is 15.8. The van der Waals surface area contributed by atoms with E-state index in [2.05, 4.69) is 54.3 Å². The number of carbonyl (C=O) groups is 1. The van der Waals surface area contributed by atoms with Crippen LogP contribution in [-0.2, 0) is 4.74 Å². The molecule has 46 heavy (non-hydrogen) atoms. The smallest absolute Gasteiger partial charge is 0.256 e. The van der Waals surface area contributed by atoms with Crippen LogP contribution in [0.4, 0.5) is 5.69 Å². The van der Waals surface area contributed by atoms with Crippen LogP contribution in [0.2, 0.25) is 0 Å². The molecule has 6 rings (SSSR count). The first-order valence-electron chi connectivity index (χ1n) is 16.9. The van der Waals surface area contributed by atoms with Crippen LogP contribution in [0.15, 0.2) is 59.5 Å². The van der Waals surface area contributed by atoms with Crippen molar-refractivity contribution < 1.29 is 14.3 Å². The zero-order chi connectivity index (χ0) is 32.5. The van der Waals surface area contributed by atoms with Gasteiger partial charge in [-0.15, -0.1) is 0 Å². The summed E-state index contributed by atoms with van der Waals surface area (Å²) in [5, 5.41) is 9.00. The minimum absolute atomic E-state index is 0.123. The summed E-state index contributed by atoms with van der Waals surface area (Å²) in [5.41, 5.74) is 2.13. The van der Waals surface area contributed by atoms with Crippen LogP contribution < -0.4 is 20.8 Å². The number of rotatable bonds is 12. The van der Waals surface area contributed by atoms with Crippen LogP contribution in [0, 0.1) is 0 Å². The van der Waals surface area contributed by atoms with Crippen LogP contribution in [-0.4, -0.2) is 86.3 Å². The van der Waals surface area contributed by atoms with Gasteiger partial charge in [0.1, 0.15) is 11.1 Å². The molecule has 1 aromatic heterocycles.